The van der Waals surface area contributed by atoms with Gasteiger partial charge in [0, 0.05) is 24.7 Å². The first-order valence-electron chi connectivity index (χ1n) is 13.4. The molecule has 5 aromatic rings. The minimum absolute atomic E-state index is 0. The highest BCUT2D eigenvalue weighted by Gasteiger charge is 2.17. The maximum atomic E-state index is 12.8. The van der Waals surface area contributed by atoms with Crippen molar-refractivity contribution in [3.8, 4) is 0 Å². The number of rotatable bonds is 7. The third kappa shape index (κ3) is 5.60. The van der Waals surface area contributed by atoms with Gasteiger partial charge >= 0.3 is 0 Å². The minimum Gasteiger partial charge on any atom is -0.352 e. The van der Waals surface area contributed by atoms with Gasteiger partial charge in [0.1, 0.15) is 0 Å². The van der Waals surface area contributed by atoms with Crippen LogP contribution in [0.15, 0.2) is 103 Å². The summed E-state index contributed by atoms with van der Waals surface area (Å²) in [5.41, 5.74) is 3.53. The highest BCUT2D eigenvalue weighted by atomic mass is 35.5. The van der Waals surface area contributed by atoms with Gasteiger partial charge in [0.05, 0.1) is 0 Å². The molecule has 192 valence electrons. The zero-order valence-corrected chi connectivity index (χ0v) is 22.3. The van der Waals surface area contributed by atoms with Crippen molar-refractivity contribution in [3.63, 3.8) is 0 Å². The Hall–Kier alpha value is -3.66. The van der Waals surface area contributed by atoms with Gasteiger partial charge in [0.2, 0.25) is 0 Å². The summed E-state index contributed by atoms with van der Waals surface area (Å²) in [6.45, 7) is 1.62. The van der Waals surface area contributed by atoms with Crippen molar-refractivity contribution in [2.75, 3.05) is 13.1 Å². The van der Waals surface area contributed by atoms with E-state index in [1.54, 1.807) is 0 Å². The smallest absolute Gasteiger partial charge is 0.251 e. The molecule has 0 aliphatic carbocycles. The van der Waals surface area contributed by atoms with E-state index >= 15 is 0 Å². The van der Waals surface area contributed by atoms with Crippen molar-refractivity contribution in [1.29, 1.82) is 0 Å². The van der Waals surface area contributed by atoms with Gasteiger partial charge in [-0.3, -0.25) is 4.79 Å². The average molecular weight is 521 g/mol. The molecule has 6 rings (SSSR count). The van der Waals surface area contributed by atoms with E-state index in [-0.39, 0.29) is 18.3 Å². The number of carbonyl (C=O) groups is 1. The lowest BCUT2D eigenvalue weighted by Crippen LogP contribution is -2.33. The Morgan fingerprint density at radius 1 is 0.763 bits per heavy atom. The fourth-order valence-electron chi connectivity index (χ4n) is 5.60. The first kappa shape index (κ1) is 26.0. The third-order valence-electron chi connectivity index (χ3n) is 7.59. The Morgan fingerprint density at radius 3 is 2.32 bits per heavy atom. The van der Waals surface area contributed by atoms with Gasteiger partial charge in [-0.1, -0.05) is 85.3 Å². The van der Waals surface area contributed by atoms with Crippen molar-refractivity contribution < 1.29 is 4.79 Å². The molecule has 5 aromatic carbocycles. The summed E-state index contributed by atoms with van der Waals surface area (Å²) in [7, 11) is 0. The zero-order valence-electron chi connectivity index (χ0n) is 21.5. The van der Waals surface area contributed by atoms with Gasteiger partial charge in [-0.15, -0.1) is 12.4 Å². The summed E-state index contributed by atoms with van der Waals surface area (Å²) in [6.07, 6.45) is 6.57. The van der Waals surface area contributed by atoms with E-state index in [9.17, 15) is 4.79 Å². The SMILES string of the molecule is Cl.O=C(NCCCCC1CC(c2cccc3ccccc23)=CCN1)c1ccc2cc3ccccc3cc2c1. The Morgan fingerprint density at radius 2 is 1.47 bits per heavy atom. The zero-order chi connectivity index (χ0) is 25.0. The van der Waals surface area contributed by atoms with E-state index in [1.165, 1.54) is 32.7 Å². The molecule has 0 saturated heterocycles. The molecule has 2 N–H and O–H groups in total. The number of hydrogen-bond acceptors (Lipinski definition) is 2. The Labute approximate surface area is 230 Å². The molecule has 0 aromatic heterocycles. The lowest BCUT2D eigenvalue weighted by Gasteiger charge is -2.25. The van der Waals surface area contributed by atoms with E-state index in [1.807, 2.05) is 24.3 Å². The van der Waals surface area contributed by atoms with Crippen LogP contribution in [0.25, 0.3) is 37.9 Å². The van der Waals surface area contributed by atoms with Crippen LogP contribution in [0.4, 0.5) is 0 Å². The second-order valence-corrected chi connectivity index (χ2v) is 10.1. The van der Waals surface area contributed by atoms with Gasteiger partial charge in [-0.05, 0) is 87.0 Å². The molecule has 0 saturated carbocycles. The van der Waals surface area contributed by atoms with Gasteiger partial charge in [0.15, 0.2) is 0 Å². The molecule has 3 nitrogen and oxygen atoms in total. The van der Waals surface area contributed by atoms with Crippen LogP contribution in [0.3, 0.4) is 0 Å². The normalized spacial score (nSPS) is 15.3. The number of unbranched alkanes of at least 4 members (excludes halogenated alkanes) is 1. The second-order valence-electron chi connectivity index (χ2n) is 10.1. The quantitative estimate of drug-likeness (QED) is 0.169. The maximum Gasteiger partial charge on any atom is 0.251 e. The summed E-state index contributed by atoms with van der Waals surface area (Å²) in [4.78, 5) is 12.8. The monoisotopic (exact) mass is 520 g/mol. The first-order valence-corrected chi connectivity index (χ1v) is 13.4. The summed E-state index contributed by atoms with van der Waals surface area (Å²) >= 11 is 0. The Kier molecular flexibility index (Phi) is 8.07. The van der Waals surface area contributed by atoms with Crippen LogP contribution in [0.1, 0.15) is 41.6 Å². The molecule has 0 radical (unpaired) electrons. The molecule has 1 aliphatic rings. The van der Waals surface area contributed by atoms with Crippen LogP contribution in [-0.2, 0) is 0 Å². The van der Waals surface area contributed by atoms with Crippen molar-refractivity contribution in [2.45, 2.75) is 31.7 Å². The largest absolute Gasteiger partial charge is 0.352 e. The van der Waals surface area contributed by atoms with E-state index in [4.69, 9.17) is 0 Å². The van der Waals surface area contributed by atoms with Crippen LogP contribution in [0, 0.1) is 0 Å². The topological polar surface area (TPSA) is 41.1 Å². The molecule has 4 heteroatoms. The number of halogens is 1. The molecule has 1 aliphatic heterocycles. The van der Waals surface area contributed by atoms with Crippen LogP contribution < -0.4 is 10.6 Å². The van der Waals surface area contributed by atoms with Gasteiger partial charge in [-0.2, -0.15) is 0 Å². The summed E-state index contributed by atoms with van der Waals surface area (Å²) in [5.74, 6) is 0.00650. The third-order valence-corrected chi connectivity index (χ3v) is 7.59. The summed E-state index contributed by atoms with van der Waals surface area (Å²) in [5, 5.41) is 14.1. The predicted octanol–water partition coefficient (Wildman–Crippen LogP) is 7.91. The number of fused-ring (bicyclic) bond motifs is 3. The first-order chi connectivity index (χ1) is 18.2. The lowest BCUT2D eigenvalue weighted by molar-refractivity contribution is 0.0953. The average Bonchev–Trinajstić information content (AvgIpc) is 2.95. The molecule has 1 unspecified atom stereocenters. The van der Waals surface area contributed by atoms with Crippen molar-refractivity contribution in [1.82, 2.24) is 10.6 Å². The summed E-state index contributed by atoms with van der Waals surface area (Å²) in [6, 6.07) is 34.4. The van der Waals surface area contributed by atoms with Crippen LogP contribution in [0.5, 0.6) is 0 Å². The lowest BCUT2D eigenvalue weighted by atomic mass is 9.90. The predicted molar refractivity (Wildman–Crippen MR) is 163 cm³/mol. The van der Waals surface area contributed by atoms with Crippen molar-refractivity contribution in [3.05, 3.63) is 114 Å². The molecule has 1 atom stereocenters. The number of benzene rings is 5. The van der Waals surface area contributed by atoms with E-state index < -0.39 is 0 Å². The molecular formula is C34H33ClN2O. The highest BCUT2D eigenvalue weighted by molar-refractivity contribution is 6.03. The van der Waals surface area contributed by atoms with E-state index in [0.717, 1.165) is 48.6 Å². The molecule has 38 heavy (non-hydrogen) atoms. The summed E-state index contributed by atoms with van der Waals surface area (Å²) < 4.78 is 0. The Bertz CT molecular complexity index is 1620. The second kappa shape index (κ2) is 11.8. The molecule has 0 spiro atoms. The molecular weight excluding hydrogens is 488 g/mol. The fourth-order valence-corrected chi connectivity index (χ4v) is 5.60. The van der Waals surface area contributed by atoms with Gasteiger partial charge in [0.25, 0.3) is 5.91 Å². The molecule has 0 bridgehead atoms. The van der Waals surface area contributed by atoms with Crippen LogP contribution in [-0.4, -0.2) is 25.0 Å². The number of amides is 1. The Balaban J connectivity index is 0.00000294. The minimum atomic E-state index is 0. The van der Waals surface area contributed by atoms with Gasteiger partial charge in [-0.25, -0.2) is 0 Å². The highest BCUT2D eigenvalue weighted by Crippen LogP contribution is 2.30. The van der Waals surface area contributed by atoms with Crippen LogP contribution in [0.2, 0.25) is 0 Å². The fraction of sp³-hybridized carbons (Fsp3) is 0.206. The van der Waals surface area contributed by atoms with Crippen LogP contribution >= 0.6 is 12.4 Å². The van der Waals surface area contributed by atoms with E-state index in [0.29, 0.717) is 12.6 Å². The van der Waals surface area contributed by atoms with Crippen molar-refractivity contribution >= 4 is 56.2 Å². The maximum absolute atomic E-state index is 12.8. The molecule has 1 amide bonds. The van der Waals surface area contributed by atoms with E-state index in [2.05, 4.69) is 89.5 Å². The number of nitrogens with one attached hydrogen (secondary N) is 2. The van der Waals surface area contributed by atoms with Crippen molar-refractivity contribution in [2.24, 2.45) is 0 Å². The number of carbonyl (C=O) groups excluding carboxylic acids is 1. The molecule has 1 heterocycles. The van der Waals surface area contributed by atoms with Gasteiger partial charge < -0.3 is 10.6 Å². The number of hydrogen-bond donors (Lipinski definition) is 2. The molecule has 0 fully saturated rings. The standard InChI is InChI=1S/C34H32N2O.ClH/c37-34(29-16-15-27-20-25-9-1-2-10-26(25)21-30(27)22-29)36-18-6-5-12-31-23-28(17-19-35-31)33-14-7-11-24-8-3-4-13-32(24)33;/h1-4,7-11,13-17,20-22,31,35H,5-6,12,18-19,23H2,(H,36,37);1H.